The Morgan fingerprint density at radius 1 is 0.912 bits per heavy atom. The third kappa shape index (κ3) is 7.33. The topological polar surface area (TPSA) is 105 Å². The van der Waals surface area contributed by atoms with Gasteiger partial charge in [0.1, 0.15) is 6.61 Å². The number of carboxylic acids is 1. The van der Waals surface area contributed by atoms with Crippen molar-refractivity contribution in [2.24, 2.45) is 0 Å². The second-order valence-corrected chi connectivity index (χ2v) is 8.82. The number of rotatable bonds is 13. The minimum absolute atomic E-state index is 0.0466. The molecule has 0 heterocycles. The standard InChI is InChI=1S/C27H34N2O5/c1-19(15-16-26(31)32)29-25(30)14-4-2-3-9-17-28-27(33)34-18-24-22-12-7-5-10-20(22)21-11-6-8-13-23(21)24/h5-8,10-13,19,24H,2-4,9,14-18H2,1H3,(H,28,33)(H,29,30)(H,31,32). The molecule has 0 bridgehead atoms. The second-order valence-electron chi connectivity index (χ2n) is 8.82. The van der Waals surface area contributed by atoms with Crippen molar-refractivity contribution in [3.63, 3.8) is 0 Å². The molecule has 0 fully saturated rings. The average molecular weight is 467 g/mol. The second kappa shape index (κ2) is 12.8. The molecule has 0 radical (unpaired) electrons. The Morgan fingerprint density at radius 3 is 2.18 bits per heavy atom. The molecule has 0 aliphatic heterocycles. The third-order valence-corrected chi connectivity index (χ3v) is 6.14. The van der Waals surface area contributed by atoms with E-state index in [0.717, 1.165) is 25.7 Å². The lowest BCUT2D eigenvalue weighted by Gasteiger charge is -2.14. The van der Waals surface area contributed by atoms with Crippen molar-refractivity contribution < 1.29 is 24.2 Å². The molecule has 34 heavy (non-hydrogen) atoms. The van der Waals surface area contributed by atoms with Gasteiger partial charge in [-0.2, -0.15) is 0 Å². The number of carbonyl (C=O) groups is 3. The monoisotopic (exact) mass is 466 g/mol. The third-order valence-electron chi connectivity index (χ3n) is 6.14. The van der Waals surface area contributed by atoms with Crippen molar-refractivity contribution >= 4 is 18.0 Å². The number of hydrogen-bond acceptors (Lipinski definition) is 4. The summed E-state index contributed by atoms with van der Waals surface area (Å²) in [6.45, 7) is 2.66. The first-order chi connectivity index (χ1) is 16.5. The summed E-state index contributed by atoms with van der Waals surface area (Å²) in [5.74, 6) is -0.849. The van der Waals surface area contributed by atoms with Crippen molar-refractivity contribution in [1.29, 1.82) is 0 Å². The lowest BCUT2D eigenvalue weighted by molar-refractivity contribution is -0.137. The van der Waals surface area contributed by atoms with Crippen molar-refractivity contribution in [3.8, 4) is 11.1 Å². The highest BCUT2D eigenvalue weighted by atomic mass is 16.5. The molecule has 7 heteroatoms. The largest absolute Gasteiger partial charge is 0.481 e. The fourth-order valence-electron chi connectivity index (χ4n) is 4.36. The lowest BCUT2D eigenvalue weighted by atomic mass is 9.98. The van der Waals surface area contributed by atoms with Gasteiger partial charge in [0.05, 0.1) is 0 Å². The van der Waals surface area contributed by atoms with E-state index in [9.17, 15) is 14.4 Å². The summed E-state index contributed by atoms with van der Waals surface area (Å²) in [7, 11) is 0. The Balaban J connectivity index is 1.27. The molecule has 182 valence electrons. The van der Waals surface area contributed by atoms with Crippen LogP contribution in [0.2, 0.25) is 0 Å². The van der Waals surface area contributed by atoms with Gasteiger partial charge >= 0.3 is 12.1 Å². The van der Waals surface area contributed by atoms with Gasteiger partial charge in [-0.1, -0.05) is 61.4 Å². The smallest absolute Gasteiger partial charge is 0.407 e. The molecule has 1 unspecified atom stereocenters. The number of unbranched alkanes of at least 4 members (excludes halogenated alkanes) is 3. The predicted octanol–water partition coefficient (Wildman–Crippen LogP) is 4.85. The molecular weight excluding hydrogens is 432 g/mol. The Kier molecular flexibility index (Phi) is 9.50. The van der Waals surface area contributed by atoms with E-state index in [1.165, 1.54) is 22.3 Å². The zero-order chi connectivity index (χ0) is 24.3. The first-order valence-electron chi connectivity index (χ1n) is 12.1. The minimum Gasteiger partial charge on any atom is -0.481 e. The maximum absolute atomic E-state index is 12.2. The molecule has 2 aromatic rings. The molecule has 2 amide bonds. The summed E-state index contributed by atoms with van der Waals surface area (Å²) in [5, 5.41) is 14.3. The van der Waals surface area contributed by atoms with Crippen LogP contribution in [-0.4, -0.2) is 42.3 Å². The number of alkyl carbamates (subject to hydrolysis) is 1. The van der Waals surface area contributed by atoms with Crippen LogP contribution in [0.25, 0.3) is 11.1 Å². The molecule has 0 saturated heterocycles. The van der Waals surface area contributed by atoms with E-state index in [-0.39, 0.29) is 24.3 Å². The van der Waals surface area contributed by atoms with Crippen LogP contribution in [0.5, 0.6) is 0 Å². The molecule has 3 rings (SSSR count). The van der Waals surface area contributed by atoms with Crippen molar-refractivity contribution in [3.05, 3.63) is 59.7 Å². The van der Waals surface area contributed by atoms with Gasteiger partial charge in [0.2, 0.25) is 5.91 Å². The highest BCUT2D eigenvalue weighted by Crippen LogP contribution is 2.44. The fraction of sp³-hybridized carbons (Fsp3) is 0.444. The maximum atomic E-state index is 12.2. The zero-order valence-electron chi connectivity index (χ0n) is 19.7. The number of carbonyl (C=O) groups excluding carboxylic acids is 2. The Morgan fingerprint density at radius 2 is 1.53 bits per heavy atom. The highest BCUT2D eigenvalue weighted by Gasteiger charge is 2.28. The Bertz CT molecular complexity index is 945. The van der Waals surface area contributed by atoms with E-state index in [1.807, 2.05) is 31.2 Å². The lowest BCUT2D eigenvalue weighted by Crippen LogP contribution is -2.32. The van der Waals surface area contributed by atoms with Gasteiger partial charge in [-0.15, -0.1) is 0 Å². The summed E-state index contributed by atoms with van der Waals surface area (Å²) in [6.07, 6.45) is 3.90. The summed E-state index contributed by atoms with van der Waals surface area (Å²) < 4.78 is 5.53. The summed E-state index contributed by atoms with van der Waals surface area (Å²) in [5.41, 5.74) is 4.79. The molecule has 1 aliphatic rings. The average Bonchev–Trinajstić information content (AvgIpc) is 3.14. The summed E-state index contributed by atoms with van der Waals surface area (Å²) in [4.78, 5) is 34.6. The minimum atomic E-state index is -0.854. The molecule has 1 aliphatic carbocycles. The quantitative estimate of drug-likeness (QED) is 0.366. The first kappa shape index (κ1) is 25.3. The first-order valence-corrected chi connectivity index (χ1v) is 12.1. The molecule has 0 aromatic heterocycles. The van der Waals surface area contributed by atoms with Crippen LogP contribution in [0, 0.1) is 0 Å². The number of aliphatic carboxylic acids is 1. The molecule has 3 N–H and O–H groups in total. The van der Waals surface area contributed by atoms with E-state index in [2.05, 4.69) is 34.9 Å². The summed E-state index contributed by atoms with van der Waals surface area (Å²) >= 11 is 0. The van der Waals surface area contributed by atoms with Crippen LogP contribution in [0.3, 0.4) is 0 Å². The van der Waals surface area contributed by atoms with Gasteiger partial charge in [0, 0.05) is 31.3 Å². The van der Waals surface area contributed by atoms with Crippen LogP contribution >= 0.6 is 0 Å². The van der Waals surface area contributed by atoms with Gasteiger partial charge in [-0.25, -0.2) is 4.79 Å². The number of amides is 2. The zero-order valence-corrected chi connectivity index (χ0v) is 19.7. The van der Waals surface area contributed by atoms with Gasteiger partial charge < -0.3 is 20.5 Å². The summed E-state index contributed by atoms with van der Waals surface area (Å²) in [6, 6.07) is 16.4. The number of hydrogen-bond donors (Lipinski definition) is 3. The van der Waals surface area contributed by atoms with Crippen LogP contribution in [0.4, 0.5) is 4.79 Å². The van der Waals surface area contributed by atoms with E-state index in [4.69, 9.17) is 9.84 Å². The maximum Gasteiger partial charge on any atom is 0.407 e. The number of nitrogens with one attached hydrogen (secondary N) is 2. The molecule has 0 spiro atoms. The molecule has 7 nitrogen and oxygen atoms in total. The number of carboxylic acid groups (broad SMARTS) is 1. The molecule has 0 saturated carbocycles. The normalized spacial score (nSPS) is 13.0. The van der Waals surface area contributed by atoms with Gasteiger partial charge in [0.15, 0.2) is 0 Å². The van der Waals surface area contributed by atoms with E-state index in [0.29, 0.717) is 26.0 Å². The predicted molar refractivity (Wildman–Crippen MR) is 131 cm³/mol. The molecule has 2 aromatic carbocycles. The Hall–Kier alpha value is -3.35. The molecule has 1 atom stereocenters. The fourth-order valence-corrected chi connectivity index (χ4v) is 4.36. The van der Waals surface area contributed by atoms with Crippen molar-refractivity contribution in [1.82, 2.24) is 10.6 Å². The van der Waals surface area contributed by atoms with E-state index >= 15 is 0 Å². The van der Waals surface area contributed by atoms with Crippen molar-refractivity contribution in [2.45, 2.75) is 63.8 Å². The van der Waals surface area contributed by atoms with E-state index < -0.39 is 12.1 Å². The van der Waals surface area contributed by atoms with Crippen LogP contribution in [0.1, 0.15) is 68.9 Å². The number of benzene rings is 2. The van der Waals surface area contributed by atoms with Crippen molar-refractivity contribution in [2.75, 3.05) is 13.2 Å². The van der Waals surface area contributed by atoms with Crippen LogP contribution in [0.15, 0.2) is 48.5 Å². The number of fused-ring (bicyclic) bond motifs is 3. The van der Waals surface area contributed by atoms with E-state index in [1.54, 1.807) is 0 Å². The highest BCUT2D eigenvalue weighted by molar-refractivity contribution is 5.79. The van der Waals surface area contributed by atoms with Crippen LogP contribution < -0.4 is 10.6 Å². The SMILES string of the molecule is CC(CCC(=O)O)NC(=O)CCCCCCNC(=O)OCC1c2ccccc2-c2ccccc21. The number of ether oxygens (including phenoxy) is 1. The van der Waals surface area contributed by atoms with Gasteiger partial charge in [0.25, 0.3) is 0 Å². The van der Waals surface area contributed by atoms with Gasteiger partial charge in [-0.05, 0) is 48.4 Å². The van der Waals surface area contributed by atoms with Gasteiger partial charge in [-0.3, -0.25) is 9.59 Å². The molecular formula is C27H34N2O5. The van der Waals surface area contributed by atoms with Crippen LogP contribution in [-0.2, 0) is 14.3 Å². The Labute approximate surface area is 200 Å².